The number of rotatable bonds is 13. The van der Waals surface area contributed by atoms with Gasteiger partial charge in [-0.1, -0.05) is 25.7 Å². The normalized spacial score (nSPS) is 14.8. The van der Waals surface area contributed by atoms with Gasteiger partial charge in [-0.15, -0.1) is 0 Å². The number of hydrogen-bond donors (Lipinski definition) is 3. The second kappa shape index (κ2) is 11.5. The first-order chi connectivity index (χ1) is 15.9. The van der Waals surface area contributed by atoms with Gasteiger partial charge in [0.2, 0.25) is 0 Å². The molecule has 2 aromatic heterocycles. The number of aromatic nitrogens is 2. The number of H-pyrrole nitrogens is 2. The molecule has 3 heterocycles. The van der Waals surface area contributed by atoms with Crippen LogP contribution in [0.25, 0.3) is 17.5 Å². The third-order valence-corrected chi connectivity index (χ3v) is 5.93. The molecule has 0 spiro atoms. The van der Waals surface area contributed by atoms with E-state index in [0.29, 0.717) is 6.42 Å². The molecule has 0 unspecified atom stereocenters. The van der Waals surface area contributed by atoms with E-state index in [-0.39, 0.29) is 12.2 Å². The highest BCUT2D eigenvalue weighted by Gasteiger charge is 2.24. The second-order valence-corrected chi connectivity index (χ2v) is 8.41. The number of methoxy groups -OCH3 is 1. The van der Waals surface area contributed by atoms with Crippen molar-refractivity contribution < 1.29 is 19.4 Å². The monoisotopic (exact) mass is 451 g/mol. The summed E-state index contributed by atoms with van der Waals surface area (Å²) >= 11 is 0. The minimum Gasteiger partial charge on any atom is -0.494 e. The summed E-state index contributed by atoms with van der Waals surface area (Å²) < 4.78 is 5.53. The van der Waals surface area contributed by atoms with Gasteiger partial charge in [-0.3, -0.25) is 14.6 Å². The summed E-state index contributed by atoms with van der Waals surface area (Å²) in [6.45, 7) is 3.83. The topological polar surface area (TPSA) is 108 Å². The zero-order valence-corrected chi connectivity index (χ0v) is 19.7. The van der Waals surface area contributed by atoms with E-state index in [4.69, 9.17) is 9.84 Å². The summed E-state index contributed by atoms with van der Waals surface area (Å²) in [4.78, 5) is 34.6. The van der Waals surface area contributed by atoms with E-state index in [1.807, 2.05) is 44.3 Å². The molecule has 0 saturated heterocycles. The summed E-state index contributed by atoms with van der Waals surface area (Å²) in [5.74, 6) is 0.117. The third kappa shape index (κ3) is 6.34. The highest BCUT2D eigenvalue weighted by molar-refractivity contribution is 6.24. The molecule has 0 atom stereocenters. The van der Waals surface area contributed by atoms with Crippen molar-refractivity contribution in [2.45, 2.75) is 65.2 Å². The van der Waals surface area contributed by atoms with Crippen LogP contribution >= 0.6 is 0 Å². The van der Waals surface area contributed by atoms with Crippen molar-refractivity contribution in [2.75, 3.05) is 7.11 Å². The van der Waals surface area contributed by atoms with Gasteiger partial charge in [-0.05, 0) is 50.5 Å². The minimum absolute atomic E-state index is 0.133. The van der Waals surface area contributed by atoms with Gasteiger partial charge in [0, 0.05) is 36.4 Å². The fraction of sp³-hybridized carbons (Fsp3) is 0.423. The van der Waals surface area contributed by atoms with Crippen LogP contribution in [0.15, 0.2) is 46.2 Å². The molecule has 1 aliphatic rings. The number of carboxylic acids is 1. The van der Waals surface area contributed by atoms with Crippen LogP contribution in [-0.2, 0) is 9.59 Å². The van der Waals surface area contributed by atoms with Crippen LogP contribution in [0.4, 0.5) is 0 Å². The van der Waals surface area contributed by atoms with Gasteiger partial charge in [-0.2, -0.15) is 0 Å². The molecule has 3 rings (SSSR count). The van der Waals surface area contributed by atoms with Crippen LogP contribution in [0.5, 0.6) is 5.75 Å². The zero-order valence-electron chi connectivity index (χ0n) is 19.7. The molecule has 0 aromatic carbocycles. The van der Waals surface area contributed by atoms with E-state index in [1.165, 1.54) is 0 Å². The molecule has 33 heavy (non-hydrogen) atoms. The molecule has 0 fully saturated rings. The average Bonchev–Trinajstić information content (AvgIpc) is 3.49. The quantitative estimate of drug-likeness (QED) is 0.328. The molecule has 0 bridgehead atoms. The summed E-state index contributed by atoms with van der Waals surface area (Å²) in [6, 6.07) is 5.87. The lowest BCUT2D eigenvalue weighted by molar-refractivity contribution is -0.137. The fourth-order valence-electron chi connectivity index (χ4n) is 4.17. The van der Waals surface area contributed by atoms with E-state index >= 15 is 0 Å². The summed E-state index contributed by atoms with van der Waals surface area (Å²) in [5, 5.41) is 8.66. The predicted octanol–water partition coefficient (Wildman–Crippen LogP) is 5.92. The van der Waals surface area contributed by atoms with Gasteiger partial charge in [0.1, 0.15) is 5.75 Å². The maximum atomic E-state index is 12.9. The largest absolute Gasteiger partial charge is 0.494 e. The van der Waals surface area contributed by atoms with Crippen molar-refractivity contribution in [3.63, 3.8) is 0 Å². The first kappa shape index (κ1) is 24.3. The second-order valence-electron chi connectivity index (χ2n) is 8.41. The van der Waals surface area contributed by atoms with Crippen molar-refractivity contribution >= 4 is 23.5 Å². The Morgan fingerprint density at radius 2 is 1.76 bits per heavy atom. The zero-order chi connectivity index (χ0) is 23.8. The Morgan fingerprint density at radius 1 is 1.06 bits per heavy atom. The van der Waals surface area contributed by atoms with Crippen LogP contribution in [0.2, 0.25) is 0 Å². The molecule has 7 nitrogen and oxygen atoms in total. The van der Waals surface area contributed by atoms with Gasteiger partial charge >= 0.3 is 5.97 Å². The van der Waals surface area contributed by atoms with Crippen molar-refractivity contribution in [3.05, 3.63) is 46.9 Å². The number of carbonyl (C=O) groups excluding carboxylic acids is 1. The van der Waals surface area contributed by atoms with Crippen LogP contribution < -0.4 is 4.74 Å². The van der Waals surface area contributed by atoms with Gasteiger partial charge in [0.15, 0.2) is 5.78 Å². The Morgan fingerprint density at radius 3 is 2.39 bits per heavy atom. The molecular weight excluding hydrogens is 418 g/mol. The molecule has 0 aliphatic carbocycles. The van der Waals surface area contributed by atoms with Crippen molar-refractivity contribution in [3.8, 4) is 17.1 Å². The Bertz CT molecular complexity index is 1070. The number of aliphatic carboxylic acids is 1. The number of nitrogens with one attached hydrogen (secondary N) is 2. The van der Waals surface area contributed by atoms with Crippen molar-refractivity contribution in [1.82, 2.24) is 9.97 Å². The van der Waals surface area contributed by atoms with Crippen LogP contribution in [-0.4, -0.2) is 39.6 Å². The molecule has 176 valence electrons. The number of ketones is 1. The maximum Gasteiger partial charge on any atom is 0.303 e. The number of aliphatic imine (C=N–C) groups is 1. The number of nitrogens with zero attached hydrogens (tertiary/aromatic N) is 1. The highest BCUT2D eigenvalue weighted by atomic mass is 16.5. The number of Topliss-reactive ketones (excluding diaryl/α,β-unsaturated/α-hetero) is 1. The van der Waals surface area contributed by atoms with E-state index in [1.54, 1.807) is 7.11 Å². The minimum atomic E-state index is -0.734. The van der Waals surface area contributed by atoms with E-state index in [9.17, 15) is 9.59 Å². The number of ether oxygens (including phenoxy) is 1. The smallest absolute Gasteiger partial charge is 0.303 e. The molecule has 2 aromatic rings. The lowest BCUT2D eigenvalue weighted by Gasteiger charge is -2.05. The van der Waals surface area contributed by atoms with E-state index in [2.05, 4.69) is 15.0 Å². The number of aromatic amines is 2. The van der Waals surface area contributed by atoms with Gasteiger partial charge in [0.05, 0.1) is 29.9 Å². The Labute approximate surface area is 194 Å². The molecule has 0 amide bonds. The lowest BCUT2D eigenvalue weighted by atomic mass is 9.97. The predicted molar refractivity (Wildman–Crippen MR) is 130 cm³/mol. The SMILES string of the molecule is COc1cc(-c2ccc[nH]2)[nH]c1/C=C1\N=C(C)C(C(=O)CCCCCCCCC(=O)O)=C1C. The molecular formula is C26H33N3O4. The lowest BCUT2D eigenvalue weighted by Crippen LogP contribution is -2.09. The molecule has 3 N–H and O–H groups in total. The van der Waals surface area contributed by atoms with Crippen molar-refractivity contribution in [1.29, 1.82) is 0 Å². The standard InChI is InChI=1S/C26H33N3O4/c1-17-20(15-22-24(33-3)16-21(29-22)19-11-10-14-27-19)28-18(2)26(17)23(30)12-8-6-4-5-7-9-13-25(31)32/h10-11,14-16,27,29H,4-9,12-13H2,1-3H3,(H,31,32)/b20-15-. The summed E-state index contributed by atoms with van der Waals surface area (Å²) in [7, 11) is 1.64. The third-order valence-electron chi connectivity index (χ3n) is 5.93. The van der Waals surface area contributed by atoms with E-state index in [0.717, 1.165) is 83.9 Å². The number of hydrogen-bond acceptors (Lipinski definition) is 4. The first-order valence-corrected chi connectivity index (χ1v) is 11.5. The van der Waals surface area contributed by atoms with Gasteiger partial charge < -0.3 is 19.8 Å². The van der Waals surface area contributed by atoms with Crippen LogP contribution in [0.3, 0.4) is 0 Å². The average molecular weight is 452 g/mol. The molecule has 0 saturated carbocycles. The summed E-state index contributed by atoms with van der Waals surface area (Å²) in [6.07, 6.45) is 10.1. The Hall–Kier alpha value is -3.35. The Balaban J connectivity index is 1.60. The Kier molecular flexibility index (Phi) is 8.46. The molecule has 0 radical (unpaired) electrons. The van der Waals surface area contributed by atoms with Gasteiger partial charge in [-0.25, -0.2) is 0 Å². The van der Waals surface area contributed by atoms with E-state index < -0.39 is 5.97 Å². The first-order valence-electron chi connectivity index (χ1n) is 11.5. The maximum absolute atomic E-state index is 12.9. The van der Waals surface area contributed by atoms with Gasteiger partial charge in [0.25, 0.3) is 0 Å². The van der Waals surface area contributed by atoms with Crippen LogP contribution in [0.1, 0.15) is 70.9 Å². The van der Waals surface area contributed by atoms with Crippen LogP contribution in [0, 0.1) is 0 Å². The molecule has 7 heteroatoms. The number of carbonyl (C=O) groups is 2. The number of allylic oxidation sites excluding steroid dienone is 2. The summed E-state index contributed by atoms with van der Waals surface area (Å²) in [5.41, 5.74) is 5.84. The number of unbranched alkanes of at least 4 members (excludes halogenated alkanes) is 5. The number of carboxylic acid groups (broad SMARTS) is 1. The van der Waals surface area contributed by atoms with Crippen molar-refractivity contribution in [2.24, 2.45) is 4.99 Å². The highest BCUT2D eigenvalue weighted by Crippen LogP contribution is 2.33. The fourth-order valence-corrected chi connectivity index (χ4v) is 4.17. The molecule has 1 aliphatic heterocycles.